The van der Waals surface area contributed by atoms with E-state index in [9.17, 15) is 14.4 Å². The first-order chi connectivity index (χ1) is 13.1. The first-order valence-electron chi connectivity index (χ1n) is 9.73. The lowest BCUT2D eigenvalue weighted by Crippen LogP contribution is -2.35. The van der Waals surface area contributed by atoms with Crippen LogP contribution in [0.25, 0.3) is 11.0 Å². The molecule has 0 aliphatic heterocycles. The number of aryl methyl sites for hydroxylation is 1. The van der Waals surface area contributed by atoms with Crippen LogP contribution in [-0.2, 0) is 6.54 Å². The molecule has 2 heterocycles. The summed E-state index contributed by atoms with van der Waals surface area (Å²) in [5.74, 6) is -0.00793. The molecule has 1 amide bonds. The maximum absolute atomic E-state index is 12.8. The van der Waals surface area contributed by atoms with E-state index in [0.29, 0.717) is 36.8 Å². The zero-order valence-electron chi connectivity index (χ0n) is 16.3. The van der Waals surface area contributed by atoms with Crippen LogP contribution in [0.5, 0.6) is 0 Å². The minimum absolute atomic E-state index is 0. The third kappa shape index (κ3) is 4.80. The molecule has 0 atom stereocenters. The highest BCUT2D eigenvalue weighted by molar-refractivity contribution is 6.05. The SMILES string of the molecule is CCCNCCNC(=O)c1cc(C2CC2)nc2c1c(=O)[nH]c(=O)n2CCC.Cl. The molecule has 1 aliphatic rings. The summed E-state index contributed by atoms with van der Waals surface area (Å²) in [7, 11) is 0. The Balaban J connectivity index is 0.00000280. The minimum Gasteiger partial charge on any atom is -0.351 e. The van der Waals surface area contributed by atoms with Crippen molar-refractivity contribution in [3.63, 3.8) is 0 Å². The van der Waals surface area contributed by atoms with E-state index in [-0.39, 0.29) is 23.7 Å². The first-order valence-corrected chi connectivity index (χ1v) is 9.73. The van der Waals surface area contributed by atoms with Gasteiger partial charge in [-0.3, -0.25) is 19.1 Å². The fraction of sp³-hybridized carbons (Fsp3) is 0.579. The van der Waals surface area contributed by atoms with Gasteiger partial charge in [0.1, 0.15) is 0 Å². The lowest BCUT2D eigenvalue weighted by atomic mass is 10.1. The molecule has 1 fully saturated rings. The van der Waals surface area contributed by atoms with E-state index in [1.807, 2.05) is 6.92 Å². The Bertz CT molecular complexity index is 949. The van der Waals surface area contributed by atoms with Gasteiger partial charge in [0.05, 0.1) is 10.9 Å². The van der Waals surface area contributed by atoms with Crippen LogP contribution in [0.2, 0.25) is 0 Å². The molecule has 0 unspecified atom stereocenters. The Kier molecular flexibility index (Phi) is 7.77. The second-order valence-corrected chi connectivity index (χ2v) is 6.98. The molecular formula is C19H28ClN5O3. The Morgan fingerprint density at radius 3 is 2.61 bits per heavy atom. The quantitative estimate of drug-likeness (QED) is 0.544. The Hall–Kier alpha value is -2.19. The number of fused-ring (bicyclic) bond motifs is 1. The van der Waals surface area contributed by atoms with Crippen LogP contribution in [-0.4, -0.2) is 40.1 Å². The number of nitrogens with one attached hydrogen (secondary N) is 3. The normalized spacial score (nSPS) is 13.4. The number of pyridine rings is 1. The fourth-order valence-electron chi connectivity index (χ4n) is 3.15. The van der Waals surface area contributed by atoms with Crippen molar-refractivity contribution in [1.29, 1.82) is 0 Å². The van der Waals surface area contributed by atoms with Crippen LogP contribution >= 0.6 is 12.4 Å². The number of rotatable bonds is 9. The fourth-order valence-corrected chi connectivity index (χ4v) is 3.15. The van der Waals surface area contributed by atoms with Crippen LogP contribution in [0.1, 0.15) is 61.5 Å². The number of carbonyl (C=O) groups is 1. The first kappa shape index (κ1) is 22.1. The highest BCUT2D eigenvalue weighted by Crippen LogP contribution is 2.39. The molecule has 0 aromatic carbocycles. The van der Waals surface area contributed by atoms with Gasteiger partial charge in [0.2, 0.25) is 0 Å². The van der Waals surface area contributed by atoms with Crippen LogP contribution in [0, 0.1) is 0 Å². The van der Waals surface area contributed by atoms with Crippen molar-refractivity contribution in [2.75, 3.05) is 19.6 Å². The maximum Gasteiger partial charge on any atom is 0.329 e. The number of aromatic nitrogens is 3. The number of carbonyl (C=O) groups excluding carboxylic acids is 1. The third-order valence-corrected chi connectivity index (χ3v) is 4.67. The van der Waals surface area contributed by atoms with Crippen LogP contribution < -0.4 is 21.9 Å². The van der Waals surface area contributed by atoms with Gasteiger partial charge in [0.25, 0.3) is 11.5 Å². The zero-order valence-corrected chi connectivity index (χ0v) is 17.2. The average molecular weight is 410 g/mol. The van der Waals surface area contributed by atoms with E-state index in [1.54, 1.807) is 6.07 Å². The van der Waals surface area contributed by atoms with Crippen molar-refractivity contribution in [2.24, 2.45) is 0 Å². The summed E-state index contributed by atoms with van der Waals surface area (Å²) < 4.78 is 1.46. The number of amides is 1. The maximum atomic E-state index is 12.8. The van der Waals surface area contributed by atoms with Crippen molar-refractivity contribution in [1.82, 2.24) is 25.2 Å². The predicted octanol–water partition coefficient (Wildman–Crippen LogP) is 1.52. The second kappa shape index (κ2) is 9.84. The summed E-state index contributed by atoms with van der Waals surface area (Å²) in [4.78, 5) is 44.5. The second-order valence-electron chi connectivity index (χ2n) is 6.98. The van der Waals surface area contributed by atoms with Crippen molar-refractivity contribution in [3.8, 4) is 0 Å². The predicted molar refractivity (Wildman–Crippen MR) is 112 cm³/mol. The van der Waals surface area contributed by atoms with Gasteiger partial charge in [-0.15, -0.1) is 12.4 Å². The van der Waals surface area contributed by atoms with Crippen molar-refractivity contribution < 1.29 is 4.79 Å². The number of nitrogens with zero attached hydrogens (tertiary/aromatic N) is 2. The van der Waals surface area contributed by atoms with Gasteiger partial charge < -0.3 is 10.6 Å². The molecule has 3 N–H and O–H groups in total. The molecular weight excluding hydrogens is 382 g/mol. The molecule has 2 aromatic heterocycles. The number of H-pyrrole nitrogens is 1. The van der Waals surface area contributed by atoms with Gasteiger partial charge in [-0.1, -0.05) is 13.8 Å². The van der Waals surface area contributed by atoms with Crippen molar-refractivity contribution in [2.45, 2.75) is 52.0 Å². The summed E-state index contributed by atoms with van der Waals surface area (Å²) in [6, 6.07) is 1.71. The zero-order chi connectivity index (χ0) is 19.4. The van der Waals surface area contributed by atoms with E-state index < -0.39 is 11.2 Å². The van der Waals surface area contributed by atoms with Crippen molar-refractivity contribution in [3.05, 3.63) is 38.2 Å². The van der Waals surface area contributed by atoms with Crippen molar-refractivity contribution >= 4 is 29.3 Å². The number of aromatic amines is 1. The summed E-state index contributed by atoms with van der Waals surface area (Å²) in [6.45, 7) is 6.49. The largest absolute Gasteiger partial charge is 0.351 e. The van der Waals surface area contributed by atoms with Gasteiger partial charge in [-0.25, -0.2) is 9.78 Å². The molecule has 154 valence electrons. The summed E-state index contributed by atoms with van der Waals surface area (Å²) in [5, 5.41) is 6.27. The smallest absolute Gasteiger partial charge is 0.329 e. The Morgan fingerprint density at radius 1 is 1.21 bits per heavy atom. The van der Waals surface area contributed by atoms with Gasteiger partial charge in [0.15, 0.2) is 5.65 Å². The number of hydrogen-bond acceptors (Lipinski definition) is 5. The molecule has 2 aromatic rings. The van der Waals surface area contributed by atoms with E-state index in [1.165, 1.54) is 4.57 Å². The Morgan fingerprint density at radius 2 is 1.96 bits per heavy atom. The average Bonchev–Trinajstić information content (AvgIpc) is 3.49. The van der Waals surface area contributed by atoms with Gasteiger partial charge in [0, 0.05) is 31.2 Å². The van der Waals surface area contributed by atoms with Crippen LogP contribution in [0.3, 0.4) is 0 Å². The Labute approximate surface area is 169 Å². The van der Waals surface area contributed by atoms with Crippen LogP contribution in [0.4, 0.5) is 0 Å². The topological polar surface area (TPSA) is 109 Å². The molecule has 0 saturated heterocycles. The monoisotopic (exact) mass is 409 g/mol. The number of halogens is 1. The highest BCUT2D eigenvalue weighted by Gasteiger charge is 2.28. The van der Waals surface area contributed by atoms with Gasteiger partial charge in [-0.05, 0) is 38.3 Å². The lowest BCUT2D eigenvalue weighted by molar-refractivity contribution is 0.0955. The molecule has 1 saturated carbocycles. The highest BCUT2D eigenvalue weighted by atomic mass is 35.5. The summed E-state index contributed by atoms with van der Waals surface area (Å²) >= 11 is 0. The van der Waals surface area contributed by atoms with E-state index in [4.69, 9.17) is 0 Å². The minimum atomic E-state index is -0.563. The van der Waals surface area contributed by atoms with Gasteiger partial charge >= 0.3 is 5.69 Å². The summed E-state index contributed by atoms with van der Waals surface area (Å²) in [5.41, 5.74) is 0.343. The van der Waals surface area contributed by atoms with E-state index in [0.717, 1.165) is 37.9 Å². The third-order valence-electron chi connectivity index (χ3n) is 4.67. The molecule has 0 bridgehead atoms. The molecule has 0 spiro atoms. The number of hydrogen-bond donors (Lipinski definition) is 3. The van der Waals surface area contributed by atoms with Gasteiger partial charge in [-0.2, -0.15) is 0 Å². The molecule has 8 nitrogen and oxygen atoms in total. The molecule has 1 aliphatic carbocycles. The van der Waals surface area contributed by atoms with E-state index in [2.05, 4.69) is 27.5 Å². The lowest BCUT2D eigenvalue weighted by Gasteiger charge is -2.13. The standard InChI is InChI=1S/C19H27N5O3.ClH/c1-3-7-20-8-9-21-17(25)13-11-14(12-5-6-12)22-16-15(13)18(26)23-19(27)24(16)10-4-2;/h11-12,20H,3-10H2,1-2H3,(H,21,25)(H,23,26,27);1H. The molecule has 3 rings (SSSR count). The molecule has 9 heteroatoms. The van der Waals surface area contributed by atoms with E-state index >= 15 is 0 Å². The summed E-state index contributed by atoms with van der Waals surface area (Å²) in [6.07, 6.45) is 3.78. The molecule has 28 heavy (non-hydrogen) atoms. The van der Waals surface area contributed by atoms with Crippen LogP contribution in [0.15, 0.2) is 15.7 Å². The molecule has 0 radical (unpaired) electrons.